The van der Waals surface area contributed by atoms with Crippen molar-refractivity contribution in [2.75, 3.05) is 36.9 Å². The molecule has 13 heteroatoms. The minimum atomic E-state index is -0.551. The third kappa shape index (κ3) is 6.06. The van der Waals surface area contributed by atoms with Crippen molar-refractivity contribution in [2.24, 2.45) is 0 Å². The van der Waals surface area contributed by atoms with Gasteiger partial charge in [-0.25, -0.2) is 9.59 Å². The van der Waals surface area contributed by atoms with E-state index in [-0.39, 0.29) is 48.4 Å². The van der Waals surface area contributed by atoms with Crippen LogP contribution in [0.5, 0.6) is 0 Å². The van der Waals surface area contributed by atoms with E-state index in [9.17, 15) is 9.59 Å². The molecule has 42 heavy (non-hydrogen) atoms. The summed E-state index contributed by atoms with van der Waals surface area (Å²) in [5, 5.41) is 11.8. The van der Waals surface area contributed by atoms with Gasteiger partial charge in [-0.3, -0.25) is 0 Å². The number of fused-ring (bicyclic) bond motifs is 3. The molecule has 0 aromatic carbocycles. The van der Waals surface area contributed by atoms with Gasteiger partial charge in [-0.2, -0.15) is 19.6 Å². The van der Waals surface area contributed by atoms with Gasteiger partial charge in [-0.05, 0) is 65.2 Å². The van der Waals surface area contributed by atoms with Crippen LogP contribution >= 0.6 is 0 Å². The molecule has 1 unspecified atom stereocenters. The lowest BCUT2D eigenvalue weighted by molar-refractivity contribution is -0.0485. The summed E-state index contributed by atoms with van der Waals surface area (Å²) in [5.41, 5.74) is 1.33. The highest BCUT2D eigenvalue weighted by Gasteiger charge is 2.46. The van der Waals surface area contributed by atoms with Gasteiger partial charge in [0.2, 0.25) is 11.9 Å². The van der Waals surface area contributed by atoms with Crippen LogP contribution in [0.3, 0.4) is 0 Å². The van der Waals surface area contributed by atoms with E-state index in [0.29, 0.717) is 25.0 Å². The summed E-state index contributed by atoms with van der Waals surface area (Å²) in [6.07, 6.45) is 6.26. The number of carbonyl (C=O) groups is 2. The first kappa shape index (κ1) is 28.8. The highest BCUT2D eigenvalue weighted by molar-refractivity contribution is 5.71. The summed E-state index contributed by atoms with van der Waals surface area (Å²) in [7, 11) is 0. The van der Waals surface area contributed by atoms with Crippen LogP contribution in [0.4, 0.5) is 21.5 Å². The Morgan fingerprint density at radius 2 is 1.67 bits per heavy atom. The Balaban J connectivity index is 1.10. The lowest BCUT2D eigenvalue weighted by Gasteiger charge is -2.42. The number of nitrogens with zero attached hydrogens (tertiary/aromatic N) is 6. The van der Waals surface area contributed by atoms with E-state index in [1.54, 1.807) is 9.42 Å². The van der Waals surface area contributed by atoms with Gasteiger partial charge in [0.05, 0.1) is 19.3 Å². The number of nitrogens with one attached hydrogen (secondary N) is 2. The molecule has 0 saturated carbocycles. The molecule has 3 atom stereocenters. The zero-order valence-corrected chi connectivity index (χ0v) is 25.3. The van der Waals surface area contributed by atoms with Crippen molar-refractivity contribution in [3.8, 4) is 0 Å². The summed E-state index contributed by atoms with van der Waals surface area (Å²) in [6.45, 7) is 12.0. The van der Waals surface area contributed by atoms with Crippen LogP contribution < -0.4 is 10.6 Å². The first-order valence-corrected chi connectivity index (χ1v) is 15.4. The van der Waals surface area contributed by atoms with Crippen molar-refractivity contribution < 1.29 is 23.8 Å². The first-order valence-electron chi connectivity index (χ1n) is 15.4. The Bertz CT molecular complexity index is 1280. The zero-order chi connectivity index (χ0) is 29.6. The Hall–Kier alpha value is -3.35. The number of amides is 2. The largest absolute Gasteiger partial charge is 0.444 e. The van der Waals surface area contributed by atoms with E-state index in [0.717, 1.165) is 62.9 Å². The second-order valence-electron chi connectivity index (χ2n) is 13.4. The third-order valence-electron chi connectivity index (χ3n) is 8.62. The topological polar surface area (TPSA) is 135 Å². The zero-order valence-electron chi connectivity index (χ0n) is 25.3. The maximum atomic E-state index is 13.2. The molecule has 4 fully saturated rings. The van der Waals surface area contributed by atoms with E-state index < -0.39 is 5.60 Å². The van der Waals surface area contributed by atoms with Crippen LogP contribution in [0.15, 0.2) is 6.20 Å². The SMILES string of the molecule is CC(C)c1cnn2c(NC3C[C@H]4CC[C@@H](C3)N4C(=O)OC3CN(C(=O)OC(C)(C)C)C3)nc(NC3CCOCC3)nc12. The third-order valence-corrected chi connectivity index (χ3v) is 8.62. The number of rotatable bonds is 6. The number of hydrogen-bond acceptors (Lipinski definition) is 10. The lowest BCUT2D eigenvalue weighted by Crippen LogP contribution is -2.58. The molecule has 6 heterocycles. The number of piperidine rings is 1. The summed E-state index contributed by atoms with van der Waals surface area (Å²) in [6, 6.07) is 0.601. The first-order chi connectivity index (χ1) is 20.0. The molecule has 6 rings (SSSR count). The van der Waals surface area contributed by atoms with Gasteiger partial charge in [-0.15, -0.1) is 0 Å². The van der Waals surface area contributed by atoms with Crippen molar-refractivity contribution in [3.05, 3.63) is 11.8 Å². The average molecular weight is 585 g/mol. The molecule has 2 bridgehead atoms. The second-order valence-corrected chi connectivity index (χ2v) is 13.4. The van der Waals surface area contributed by atoms with Crippen LogP contribution in [-0.2, 0) is 14.2 Å². The molecule has 2 amide bonds. The highest BCUT2D eigenvalue weighted by Crippen LogP contribution is 2.38. The fourth-order valence-electron chi connectivity index (χ4n) is 6.45. The van der Waals surface area contributed by atoms with E-state index in [4.69, 9.17) is 24.2 Å². The number of anilines is 2. The van der Waals surface area contributed by atoms with Crippen molar-refractivity contribution in [3.63, 3.8) is 0 Å². The predicted molar refractivity (Wildman–Crippen MR) is 156 cm³/mol. The standard InChI is InChI=1S/C29H44N8O5/c1-17(2)23-14-30-37-24(23)33-25(31-18-8-10-40-11-9-18)34-26(37)32-19-12-20-6-7-21(13-19)36(20)28(39)41-22-15-35(16-22)27(38)42-29(3,4)5/h14,17-22H,6-13,15-16H2,1-5H3,(H2,31,32,33,34)/t19?,20-,21+. The fraction of sp³-hybridized carbons (Fsp3) is 0.759. The maximum absolute atomic E-state index is 13.2. The summed E-state index contributed by atoms with van der Waals surface area (Å²) >= 11 is 0. The fourth-order valence-corrected chi connectivity index (χ4v) is 6.45. The van der Waals surface area contributed by atoms with Crippen LogP contribution in [0.1, 0.15) is 84.6 Å². The van der Waals surface area contributed by atoms with E-state index in [2.05, 4.69) is 29.6 Å². The van der Waals surface area contributed by atoms with Gasteiger partial charge in [0.1, 0.15) is 11.7 Å². The molecule has 0 aliphatic carbocycles. The number of likely N-dealkylation sites (tertiary alicyclic amines) is 1. The molecule has 4 saturated heterocycles. The quantitative estimate of drug-likeness (QED) is 0.513. The molecule has 2 N–H and O–H groups in total. The lowest BCUT2D eigenvalue weighted by atomic mass is 9.98. The molecular weight excluding hydrogens is 540 g/mol. The summed E-state index contributed by atoms with van der Waals surface area (Å²) in [4.78, 5) is 38.7. The Morgan fingerprint density at radius 1 is 0.976 bits per heavy atom. The number of carbonyl (C=O) groups excluding carboxylic acids is 2. The number of hydrogen-bond donors (Lipinski definition) is 2. The van der Waals surface area contributed by atoms with E-state index in [1.165, 1.54) is 0 Å². The molecule has 230 valence electrons. The minimum absolute atomic E-state index is 0.0943. The van der Waals surface area contributed by atoms with Crippen molar-refractivity contribution in [1.82, 2.24) is 29.4 Å². The molecule has 2 aromatic heterocycles. The van der Waals surface area contributed by atoms with Gasteiger partial charge in [0, 0.05) is 42.9 Å². The maximum Gasteiger partial charge on any atom is 0.410 e. The molecule has 2 aromatic rings. The summed E-state index contributed by atoms with van der Waals surface area (Å²) in [5.74, 6) is 1.54. The van der Waals surface area contributed by atoms with Crippen molar-refractivity contribution >= 4 is 29.7 Å². The normalized spacial score (nSPS) is 25.0. The molecule has 13 nitrogen and oxygen atoms in total. The Kier molecular flexibility index (Phi) is 7.79. The van der Waals surface area contributed by atoms with Crippen molar-refractivity contribution in [2.45, 2.75) is 115 Å². The predicted octanol–water partition coefficient (Wildman–Crippen LogP) is 4.00. The van der Waals surface area contributed by atoms with Crippen LogP contribution in [0.25, 0.3) is 5.65 Å². The van der Waals surface area contributed by atoms with Crippen molar-refractivity contribution in [1.29, 1.82) is 0 Å². The summed E-state index contributed by atoms with van der Waals surface area (Å²) < 4.78 is 18.5. The monoisotopic (exact) mass is 584 g/mol. The second kappa shape index (κ2) is 11.4. The molecule has 0 radical (unpaired) electrons. The van der Waals surface area contributed by atoms with Gasteiger partial charge < -0.3 is 34.6 Å². The van der Waals surface area contributed by atoms with Crippen LogP contribution in [0, 0.1) is 0 Å². The van der Waals surface area contributed by atoms with Crippen LogP contribution in [-0.4, -0.2) is 104 Å². The molecule has 0 spiro atoms. The van der Waals surface area contributed by atoms with E-state index >= 15 is 0 Å². The van der Waals surface area contributed by atoms with Gasteiger partial charge >= 0.3 is 12.2 Å². The Morgan fingerprint density at radius 3 is 2.31 bits per heavy atom. The molecular formula is C29H44N8O5. The van der Waals surface area contributed by atoms with E-state index in [1.807, 2.05) is 31.9 Å². The molecule has 4 aliphatic rings. The Labute approximate surface area is 246 Å². The number of aromatic nitrogens is 4. The minimum Gasteiger partial charge on any atom is -0.444 e. The molecule has 4 aliphatic heterocycles. The van der Waals surface area contributed by atoms with Gasteiger partial charge in [-0.1, -0.05) is 13.8 Å². The highest BCUT2D eigenvalue weighted by atomic mass is 16.6. The number of ether oxygens (including phenoxy) is 3. The van der Waals surface area contributed by atoms with Gasteiger partial charge in [0.25, 0.3) is 0 Å². The van der Waals surface area contributed by atoms with Gasteiger partial charge in [0.15, 0.2) is 5.65 Å². The smallest absolute Gasteiger partial charge is 0.410 e. The average Bonchev–Trinajstić information content (AvgIpc) is 3.44. The van der Waals surface area contributed by atoms with Crippen LogP contribution in [0.2, 0.25) is 0 Å².